The zero-order chi connectivity index (χ0) is 28.6. The van der Waals surface area contributed by atoms with Gasteiger partial charge in [-0.15, -0.1) is 0 Å². The molecule has 5 N–H and O–H groups in total. The normalized spacial score (nSPS) is 17.7. The first-order valence-corrected chi connectivity index (χ1v) is 13.7. The van der Waals surface area contributed by atoms with Crippen LogP contribution in [0.4, 0.5) is 0 Å². The van der Waals surface area contributed by atoms with Gasteiger partial charge in [-0.1, -0.05) is 44.2 Å². The van der Waals surface area contributed by atoms with E-state index in [9.17, 15) is 24.0 Å². The molecular formula is C28H42N6O5. The first-order valence-electron chi connectivity index (χ1n) is 13.7. The number of carbonyl (C=O) groups is 5. The van der Waals surface area contributed by atoms with E-state index in [-0.39, 0.29) is 36.2 Å². The van der Waals surface area contributed by atoms with Gasteiger partial charge in [0.1, 0.15) is 6.04 Å². The zero-order valence-electron chi connectivity index (χ0n) is 23.2. The van der Waals surface area contributed by atoms with Crippen molar-refractivity contribution in [2.24, 2.45) is 17.1 Å². The Morgan fingerprint density at radius 2 is 1.54 bits per heavy atom. The Morgan fingerprint density at radius 1 is 0.923 bits per heavy atom. The van der Waals surface area contributed by atoms with Gasteiger partial charge in [0.15, 0.2) is 0 Å². The SMILES string of the molecule is CC(=O)N1CCC2(CC1)CN(C(=O)CNC(=O)[C@@H](CC(C)C)NC(=O)CNC(=O)[C@H](N)Cc1ccccc1)C2. The first-order chi connectivity index (χ1) is 18.5. The summed E-state index contributed by atoms with van der Waals surface area (Å²) in [5, 5.41) is 7.86. The molecule has 11 heteroatoms. The largest absolute Gasteiger partial charge is 0.346 e. The monoisotopic (exact) mass is 542 g/mol. The molecule has 39 heavy (non-hydrogen) atoms. The van der Waals surface area contributed by atoms with Crippen LogP contribution in [0.15, 0.2) is 30.3 Å². The number of amides is 5. The van der Waals surface area contributed by atoms with E-state index < -0.39 is 29.8 Å². The molecule has 2 aliphatic rings. The Morgan fingerprint density at radius 3 is 2.13 bits per heavy atom. The molecule has 5 amide bonds. The van der Waals surface area contributed by atoms with Crippen LogP contribution in [0.25, 0.3) is 0 Å². The highest BCUT2D eigenvalue weighted by atomic mass is 16.2. The molecule has 0 aliphatic carbocycles. The summed E-state index contributed by atoms with van der Waals surface area (Å²) < 4.78 is 0. The number of nitrogens with zero attached hydrogens (tertiary/aromatic N) is 2. The van der Waals surface area contributed by atoms with Crippen LogP contribution in [0, 0.1) is 11.3 Å². The Hall–Kier alpha value is -3.47. The highest BCUT2D eigenvalue weighted by molar-refractivity contribution is 5.92. The topological polar surface area (TPSA) is 154 Å². The molecule has 11 nitrogen and oxygen atoms in total. The number of piperidine rings is 1. The standard InChI is InChI=1S/C28H42N6O5/c1-19(2)13-23(32-24(36)15-30-26(38)22(29)14-21-7-5-4-6-8-21)27(39)31-16-25(37)34-17-28(18-34)9-11-33(12-10-28)20(3)35/h4-8,19,22-23H,9-18,29H2,1-3H3,(H,30,38)(H,31,39)(H,32,36)/t22-,23-/m1/s1. The molecule has 2 heterocycles. The molecule has 214 valence electrons. The van der Waals surface area contributed by atoms with Gasteiger partial charge in [0.2, 0.25) is 29.5 Å². The lowest BCUT2D eigenvalue weighted by Crippen LogP contribution is -2.63. The molecule has 2 aliphatic heterocycles. The van der Waals surface area contributed by atoms with E-state index in [1.165, 1.54) is 0 Å². The molecule has 0 aromatic heterocycles. The summed E-state index contributed by atoms with van der Waals surface area (Å²) in [5.74, 6) is -1.38. The number of benzene rings is 1. The predicted molar refractivity (Wildman–Crippen MR) is 146 cm³/mol. The number of likely N-dealkylation sites (tertiary alicyclic amines) is 2. The zero-order valence-corrected chi connectivity index (χ0v) is 23.2. The Labute approximate surface area is 230 Å². The molecule has 0 unspecified atom stereocenters. The summed E-state index contributed by atoms with van der Waals surface area (Å²) in [5.41, 5.74) is 6.94. The Balaban J connectivity index is 1.40. The fourth-order valence-electron chi connectivity index (χ4n) is 5.16. The second-order valence-corrected chi connectivity index (χ2v) is 11.2. The van der Waals surface area contributed by atoms with Crippen LogP contribution >= 0.6 is 0 Å². The Bertz CT molecular complexity index is 1030. The number of rotatable bonds is 11. The molecule has 2 fully saturated rings. The van der Waals surface area contributed by atoms with Crippen LogP contribution in [0.1, 0.15) is 45.6 Å². The van der Waals surface area contributed by atoms with Crippen molar-refractivity contribution in [2.45, 2.75) is 58.5 Å². The number of nitrogens with one attached hydrogen (secondary N) is 3. The fraction of sp³-hybridized carbons (Fsp3) is 0.607. The summed E-state index contributed by atoms with van der Waals surface area (Å²) in [6.45, 7) is 7.66. The number of hydrogen-bond donors (Lipinski definition) is 4. The van der Waals surface area contributed by atoms with Gasteiger partial charge < -0.3 is 31.5 Å². The molecular weight excluding hydrogens is 500 g/mol. The van der Waals surface area contributed by atoms with Gasteiger partial charge in [0.05, 0.1) is 19.1 Å². The third-order valence-corrected chi connectivity index (χ3v) is 7.51. The molecule has 0 radical (unpaired) electrons. The number of carbonyl (C=O) groups excluding carboxylic acids is 5. The molecule has 1 aromatic rings. The van der Waals surface area contributed by atoms with Gasteiger partial charge in [0, 0.05) is 38.5 Å². The van der Waals surface area contributed by atoms with Crippen molar-refractivity contribution in [1.29, 1.82) is 0 Å². The van der Waals surface area contributed by atoms with E-state index in [1.54, 1.807) is 11.8 Å². The highest BCUT2D eigenvalue weighted by Crippen LogP contribution is 2.40. The van der Waals surface area contributed by atoms with Crippen LogP contribution < -0.4 is 21.7 Å². The third-order valence-electron chi connectivity index (χ3n) is 7.51. The van der Waals surface area contributed by atoms with Crippen molar-refractivity contribution >= 4 is 29.5 Å². The van der Waals surface area contributed by atoms with Crippen LogP contribution in [0.3, 0.4) is 0 Å². The van der Waals surface area contributed by atoms with E-state index in [1.807, 2.05) is 49.1 Å². The second kappa shape index (κ2) is 13.5. The quantitative estimate of drug-likeness (QED) is 0.303. The van der Waals surface area contributed by atoms with Crippen molar-refractivity contribution in [3.8, 4) is 0 Å². The Kier molecular flexibility index (Phi) is 10.4. The summed E-state index contributed by atoms with van der Waals surface area (Å²) >= 11 is 0. The molecule has 0 bridgehead atoms. The molecule has 1 spiro atoms. The van der Waals surface area contributed by atoms with Crippen molar-refractivity contribution in [1.82, 2.24) is 25.8 Å². The molecule has 3 rings (SSSR count). The number of nitrogens with two attached hydrogens (primary N) is 1. The molecule has 0 saturated carbocycles. The smallest absolute Gasteiger partial charge is 0.243 e. The maximum Gasteiger partial charge on any atom is 0.243 e. The summed E-state index contributed by atoms with van der Waals surface area (Å²) in [6.07, 6.45) is 2.47. The lowest BCUT2D eigenvalue weighted by atomic mass is 9.72. The van der Waals surface area contributed by atoms with Gasteiger partial charge in [-0.2, -0.15) is 0 Å². The third kappa shape index (κ3) is 8.77. The predicted octanol–water partition coefficient (Wildman–Crippen LogP) is -0.209. The van der Waals surface area contributed by atoms with E-state index >= 15 is 0 Å². The van der Waals surface area contributed by atoms with Gasteiger partial charge in [-0.25, -0.2) is 0 Å². The van der Waals surface area contributed by atoms with Crippen molar-refractivity contribution < 1.29 is 24.0 Å². The van der Waals surface area contributed by atoms with Crippen LogP contribution in [-0.4, -0.2) is 90.7 Å². The van der Waals surface area contributed by atoms with Crippen molar-refractivity contribution in [3.63, 3.8) is 0 Å². The van der Waals surface area contributed by atoms with Crippen molar-refractivity contribution in [3.05, 3.63) is 35.9 Å². The summed E-state index contributed by atoms with van der Waals surface area (Å²) in [6, 6.07) is 7.71. The molecule has 2 saturated heterocycles. The average Bonchev–Trinajstić information content (AvgIpc) is 2.88. The van der Waals surface area contributed by atoms with Gasteiger partial charge in [-0.05, 0) is 37.2 Å². The van der Waals surface area contributed by atoms with Gasteiger partial charge in [0.25, 0.3) is 0 Å². The van der Waals surface area contributed by atoms with Crippen LogP contribution in [-0.2, 0) is 30.4 Å². The van der Waals surface area contributed by atoms with E-state index in [4.69, 9.17) is 5.73 Å². The average molecular weight is 543 g/mol. The fourth-order valence-corrected chi connectivity index (χ4v) is 5.16. The summed E-state index contributed by atoms with van der Waals surface area (Å²) in [7, 11) is 0. The molecule has 1 aromatic carbocycles. The second-order valence-electron chi connectivity index (χ2n) is 11.2. The maximum absolute atomic E-state index is 12.9. The minimum absolute atomic E-state index is 0.0633. The summed E-state index contributed by atoms with van der Waals surface area (Å²) in [4.78, 5) is 65.5. The van der Waals surface area contributed by atoms with E-state index in [2.05, 4.69) is 16.0 Å². The van der Waals surface area contributed by atoms with Gasteiger partial charge in [-0.3, -0.25) is 24.0 Å². The highest BCUT2D eigenvalue weighted by Gasteiger charge is 2.46. The van der Waals surface area contributed by atoms with Crippen molar-refractivity contribution in [2.75, 3.05) is 39.3 Å². The number of hydrogen-bond acceptors (Lipinski definition) is 6. The minimum atomic E-state index is -0.834. The molecule has 2 atom stereocenters. The first kappa shape index (κ1) is 30.1. The minimum Gasteiger partial charge on any atom is -0.346 e. The van der Waals surface area contributed by atoms with Crippen LogP contribution in [0.2, 0.25) is 0 Å². The maximum atomic E-state index is 12.9. The lowest BCUT2D eigenvalue weighted by Gasteiger charge is -2.54. The van der Waals surface area contributed by atoms with Crippen LogP contribution in [0.5, 0.6) is 0 Å². The lowest BCUT2D eigenvalue weighted by molar-refractivity contribution is -0.149. The van der Waals surface area contributed by atoms with E-state index in [0.717, 1.165) is 18.4 Å². The van der Waals surface area contributed by atoms with Gasteiger partial charge >= 0.3 is 0 Å². The van der Waals surface area contributed by atoms with E-state index in [0.29, 0.717) is 39.0 Å².